The van der Waals surface area contributed by atoms with Crippen molar-refractivity contribution >= 4 is 5.69 Å². The SMILES string of the molecule is C[C@H](N)c1cccc(F)c1N1CCOC2CCCC21. The molecule has 4 heteroatoms. The Hall–Kier alpha value is -1.13. The molecule has 0 bridgehead atoms. The topological polar surface area (TPSA) is 38.5 Å². The van der Waals surface area contributed by atoms with Crippen molar-refractivity contribution in [2.45, 2.75) is 44.4 Å². The highest BCUT2D eigenvalue weighted by molar-refractivity contribution is 5.57. The molecule has 3 atom stereocenters. The summed E-state index contributed by atoms with van der Waals surface area (Å²) in [6.07, 6.45) is 3.59. The van der Waals surface area contributed by atoms with E-state index in [2.05, 4.69) is 4.90 Å². The van der Waals surface area contributed by atoms with E-state index < -0.39 is 0 Å². The number of rotatable bonds is 2. The molecule has 0 amide bonds. The molecule has 3 nitrogen and oxygen atoms in total. The van der Waals surface area contributed by atoms with Crippen molar-refractivity contribution < 1.29 is 9.13 Å². The van der Waals surface area contributed by atoms with Gasteiger partial charge in [-0.1, -0.05) is 12.1 Å². The van der Waals surface area contributed by atoms with E-state index in [-0.39, 0.29) is 18.0 Å². The molecule has 1 aromatic rings. The molecule has 104 valence electrons. The van der Waals surface area contributed by atoms with E-state index in [9.17, 15) is 4.39 Å². The van der Waals surface area contributed by atoms with E-state index >= 15 is 0 Å². The Bertz CT molecular complexity index is 463. The van der Waals surface area contributed by atoms with Gasteiger partial charge in [0.2, 0.25) is 0 Å². The Balaban J connectivity index is 2.00. The Morgan fingerprint density at radius 2 is 2.26 bits per heavy atom. The second kappa shape index (κ2) is 5.10. The maximum Gasteiger partial charge on any atom is 0.146 e. The zero-order valence-corrected chi connectivity index (χ0v) is 11.3. The Morgan fingerprint density at radius 3 is 3.05 bits per heavy atom. The van der Waals surface area contributed by atoms with E-state index in [1.165, 1.54) is 6.07 Å². The first kappa shape index (κ1) is 12.9. The van der Waals surface area contributed by atoms with Crippen LogP contribution in [0.5, 0.6) is 0 Å². The standard InChI is InChI=1S/C15H21FN2O/c1-10(17)11-4-2-5-12(16)15(11)18-8-9-19-14-7-3-6-13(14)18/h2,4-5,10,13-14H,3,6-9,17H2,1H3/t10-,13?,14?/m0/s1. The number of anilines is 1. The van der Waals surface area contributed by atoms with Gasteiger partial charge < -0.3 is 15.4 Å². The summed E-state index contributed by atoms with van der Waals surface area (Å²) in [5.41, 5.74) is 7.59. The minimum absolute atomic E-state index is 0.159. The lowest BCUT2D eigenvalue weighted by atomic mass is 10.0. The van der Waals surface area contributed by atoms with Gasteiger partial charge in [-0.3, -0.25) is 0 Å². The molecular weight excluding hydrogens is 243 g/mol. The average Bonchev–Trinajstić information content (AvgIpc) is 2.86. The summed E-state index contributed by atoms with van der Waals surface area (Å²) in [7, 11) is 0. The van der Waals surface area contributed by atoms with E-state index in [4.69, 9.17) is 10.5 Å². The summed E-state index contributed by atoms with van der Waals surface area (Å²) in [6.45, 7) is 3.33. The van der Waals surface area contributed by atoms with Crippen LogP contribution in [0.4, 0.5) is 10.1 Å². The predicted molar refractivity (Wildman–Crippen MR) is 73.7 cm³/mol. The lowest BCUT2D eigenvalue weighted by Crippen LogP contribution is -2.49. The summed E-state index contributed by atoms with van der Waals surface area (Å²) < 4.78 is 20.1. The van der Waals surface area contributed by atoms with Crippen LogP contribution < -0.4 is 10.6 Å². The van der Waals surface area contributed by atoms with E-state index in [1.54, 1.807) is 6.07 Å². The largest absolute Gasteiger partial charge is 0.374 e. The van der Waals surface area contributed by atoms with Crippen LogP contribution in [0, 0.1) is 5.82 Å². The van der Waals surface area contributed by atoms with Gasteiger partial charge >= 0.3 is 0 Å². The predicted octanol–water partition coefficient (Wildman–Crippen LogP) is 2.60. The van der Waals surface area contributed by atoms with Gasteiger partial charge in [-0.15, -0.1) is 0 Å². The number of hydrogen-bond donors (Lipinski definition) is 1. The fourth-order valence-electron chi connectivity index (χ4n) is 3.41. The molecule has 0 radical (unpaired) electrons. The number of nitrogens with zero attached hydrogens (tertiary/aromatic N) is 1. The number of morpholine rings is 1. The molecule has 2 aliphatic rings. The maximum absolute atomic E-state index is 14.3. The average molecular weight is 264 g/mol. The third kappa shape index (κ3) is 2.23. The Morgan fingerprint density at radius 1 is 1.42 bits per heavy atom. The number of para-hydroxylation sites is 1. The summed E-state index contributed by atoms with van der Waals surface area (Å²) in [4.78, 5) is 2.19. The zero-order valence-electron chi connectivity index (χ0n) is 11.3. The molecule has 1 heterocycles. The van der Waals surface area contributed by atoms with Crippen LogP contribution in [-0.4, -0.2) is 25.3 Å². The molecule has 3 rings (SSSR count). The zero-order chi connectivity index (χ0) is 13.4. The molecule has 1 aliphatic carbocycles. The van der Waals surface area contributed by atoms with E-state index in [0.29, 0.717) is 18.3 Å². The fraction of sp³-hybridized carbons (Fsp3) is 0.600. The second-order valence-corrected chi connectivity index (χ2v) is 5.57. The van der Waals surface area contributed by atoms with Crippen molar-refractivity contribution in [1.29, 1.82) is 0 Å². The molecule has 2 fully saturated rings. The van der Waals surface area contributed by atoms with E-state index in [1.807, 2.05) is 13.0 Å². The van der Waals surface area contributed by atoms with Crippen LogP contribution in [0.25, 0.3) is 0 Å². The molecule has 1 aromatic carbocycles. The first-order chi connectivity index (χ1) is 9.18. The van der Waals surface area contributed by atoms with E-state index in [0.717, 1.165) is 31.4 Å². The van der Waals surface area contributed by atoms with Crippen molar-refractivity contribution in [1.82, 2.24) is 0 Å². The van der Waals surface area contributed by atoms with Crippen LogP contribution in [0.1, 0.15) is 37.8 Å². The minimum Gasteiger partial charge on any atom is -0.374 e. The van der Waals surface area contributed by atoms with Gasteiger partial charge in [0.1, 0.15) is 5.82 Å². The molecule has 19 heavy (non-hydrogen) atoms. The summed E-state index contributed by atoms with van der Waals surface area (Å²) >= 11 is 0. The molecular formula is C15H21FN2O. The van der Waals surface area contributed by atoms with Gasteiger partial charge in [-0.2, -0.15) is 0 Å². The van der Waals surface area contributed by atoms with Gasteiger partial charge in [0.25, 0.3) is 0 Å². The molecule has 1 aliphatic heterocycles. The number of fused-ring (bicyclic) bond motifs is 1. The lowest BCUT2D eigenvalue weighted by molar-refractivity contribution is 0.0253. The number of nitrogens with two attached hydrogens (primary N) is 1. The quantitative estimate of drug-likeness (QED) is 0.892. The highest BCUT2D eigenvalue weighted by Gasteiger charge is 2.37. The Labute approximate surface area is 113 Å². The molecule has 2 unspecified atom stereocenters. The monoisotopic (exact) mass is 264 g/mol. The molecule has 0 spiro atoms. The highest BCUT2D eigenvalue weighted by atomic mass is 19.1. The van der Waals surface area contributed by atoms with Gasteiger partial charge in [0.05, 0.1) is 24.4 Å². The first-order valence-corrected chi connectivity index (χ1v) is 7.10. The van der Waals surface area contributed by atoms with Gasteiger partial charge in [0.15, 0.2) is 0 Å². The molecule has 1 saturated heterocycles. The van der Waals surface area contributed by atoms with Crippen molar-refractivity contribution in [2.75, 3.05) is 18.1 Å². The minimum atomic E-state index is -0.164. The van der Waals surface area contributed by atoms with Crippen molar-refractivity contribution in [3.05, 3.63) is 29.6 Å². The van der Waals surface area contributed by atoms with Gasteiger partial charge in [-0.25, -0.2) is 4.39 Å². The van der Waals surface area contributed by atoms with Crippen LogP contribution >= 0.6 is 0 Å². The summed E-state index contributed by atoms with van der Waals surface area (Å²) in [5.74, 6) is -0.164. The number of ether oxygens (including phenoxy) is 1. The number of hydrogen-bond acceptors (Lipinski definition) is 3. The third-order valence-corrected chi connectivity index (χ3v) is 4.28. The van der Waals surface area contributed by atoms with Crippen LogP contribution in [0.2, 0.25) is 0 Å². The third-order valence-electron chi connectivity index (χ3n) is 4.28. The van der Waals surface area contributed by atoms with Crippen LogP contribution in [0.3, 0.4) is 0 Å². The smallest absolute Gasteiger partial charge is 0.146 e. The molecule has 1 saturated carbocycles. The van der Waals surface area contributed by atoms with Crippen molar-refractivity contribution in [3.63, 3.8) is 0 Å². The lowest BCUT2D eigenvalue weighted by Gasteiger charge is -2.40. The van der Waals surface area contributed by atoms with Crippen molar-refractivity contribution in [2.24, 2.45) is 5.73 Å². The van der Waals surface area contributed by atoms with Crippen LogP contribution in [-0.2, 0) is 4.74 Å². The van der Waals surface area contributed by atoms with Gasteiger partial charge in [0, 0.05) is 12.6 Å². The maximum atomic E-state index is 14.3. The fourth-order valence-corrected chi connectivity index (χ4v) is 3.41. The van der Waals surface area contributed by atoms with Crippen LogP contribution in [0.15, 0.2) is 18.2 Å². The Kier molecular flexibility index (Phi) is 3.46. The first-order valence-electron chi connectivity index (χ1n) is 7.10. The summed E-state index contributed by atoms with van der Waals surface area (Å²) in [6, 6.07) is 5.35. The highest BCUT2D eigenvalue weighted by Crippen LogP contribution is 2.37. The summed E-state index contributed by atoms with van der Waals surface area (Å²) in [5, 5.41) is 0. The normalized spacial score (nSPS) is 28.3. The van der Waals surface area contributed by atoms with Crippen molar-refractivity contribution in [3.8, 4) is 0 Å². The van der Waals surface area contributed by atoms with Gasteiger partial charge in [-0.05, 0) is 37.8 Å². The number of halogens is 1. The molecule has 0 aromatic heterocycles. The second-order valence-electron chi connectivity index (χ2n) is 5.57. The number of benzene rings is 1. The molecule has 2 N–H and O–H groups in total.